The van der Waals surface area contributed by atoms with Gasteiger partial charge in [-0.1, -0.05) is 0 Å². The minimum atomic E-state index is -0.227. The summed E-state index contributed by atoms with van der Waals surface area (Å²) in [5.74, 6) is 0. The van der Waals surface area contributed by atoms with Gasteiger partial charge >= 0.3 is 0 Å². The first kappa shape index (κ1) is 10.7. The molecule has 0 saturated carbocycles. The molecule has 0 amide bonds. The molecule has 1 N–H and O–H groups in total. The van der Waals surface area contributed by atoms with E-state index in [0.717, 1.165) is 37.9 Å². The van der Waals surface area contributed by atoms with Gasteiger partial charge < -0.3 is 14.6 Å². The molecule has 0 aliphatic heterocycles. The highest BCUT2D eigenvalue weighted by Crippen LogP contribution is 2.30. The largest absolute Gasteiger partial charge is 0.388 e. The minimum absolute atomic E-state index is 0.227. The molecule has 84 valence electrons. The van der Waals surface area contributed by atoms with Crippen molar-refractivity contribution in [1.82, 2.24) is 9.47 Å². The molecule has 1 heterocycles. The molecule has 0 saturated heterocycles. The van der Waals surface area contributed by atoms with Gasteiger partial charge in [0.1, 0.15) is 0 Å². The van der Waals surface area contributed by atoms with E-state index in [-0.39, 0.29) is 6.10 Å². The first-order valence-corrected chi connectivity index (χ1v) is 5.69. The second-order valence-electron chi connectivity index (χ2n) is 4.62. The molecule has 1 aliphatic carbocycles. The smallest absolute Gasteiger partial charge is 0.0807 e. The van der Waals surface area contributed by atoms with Gasteiger partial charge in [-0.2, -0.15) is 0 Å². The molecular weight excluding hydrogens is 188 g/mol. The molecule has 1 aromatic heterocycles. The normalized spacial score (nSPS) is 20.7. The quantitative estimate of drug-likeness (QED) is 0.813. The van der Waals surface area contributed by atoms with Crippen LogP contribution >= 0.6 is 0 Å². The highest BCUT2D eigenvalue weighted by Gasteiger charge is 2.20. The fourth-order valence-electron chi connectivity index (χ4n) is 2.25. The van der Waals surface area contributed by atoms with E-state index in [1.165, 1.54) is 5.69 Å². The van der Waals surface area contributed by atoms with E-state index in [1.54, 1.807) is 0 Å². The lowest BCUT2D eigenvalue weighted by Gasteiger charge is -2.20. The van der Waals surface area contributed by atoms with Crippen molar-refractivity contribution in [2.45, 2.75) is 31.9 Å². The van der Waals surface area contributed by atoms with Gasteiger partial charge in [0.25, 0.3) is 0 Å². The molecule has 3 nitrogen and oxygen atoms in total. The molecule has 1 atom stereocenters. The Hall–Kier alpha value is -0.800. The monoisotopic (exact) mass is 208 g/mol. The van der Waals surface area contributed by atoms with Gasteiger partial charge in [0.15, 0.2) is 0 Å². The van der Waals surface area contributed by atoms with E-state index in [2.05, 4.69) is 35.8 Å². The van der Waals surface area contributed by atoms with Gasteiger partial charge in [-0.05, 0) is 39.4 Å². The Kier molecular flexibility index (Phi) is 3.12. The summed E-state index contributed by atoms with van der Waals surface area (Å²) in [7, 11) is 4.18. The highest BCUT2D eigenvalue weighted by atomic mass is 16.3. The first-order valence-electron chi connectivity index (χ1n) is 5.69. The third kappa shape index (κ3) is 2.24. The Morgan fingerprint density at radius 3 is 3.07 bits per heavy atom. The number of hydrogen-bond acceptors (Lipinski definition) is 2. The van der Waals surface area contributed by atoms with Crippen LogP contribution in [0, 0.1) is 0 Å². The van der Waals surface area contributed by atoms with Crippen LogP contribution in [0.2, 0.25) is 0 Å². The second-order valence-corrected chi connectivity index (χ2v) is 4.62. The van der Waals surface area contributed by atoms with Gasteiger partial charge in [-0.25, -0.2) is 0 Å². The summed E-state index contributed by atoms with van der Waals surface area (Å²) in [5.41, 5.74) is 2.50. The number of fused-ring (bicyclic) bond motifs is 1. The zero-order chi connectivity index (χ0) is 10.8. The van der Waals surface area contributed by atoms with E-state index in [4.69, 9.17) is 0 Å². The second kappa shape index (κ2) is 4.37. The zero-order valence-corrected chi connectivity index (χ0v) is 9.61. The molecule has 3 heteroatoms. The Bertz CT molecular complexity index is 330. The van der Waals surface area contributed by atoms with E-state index in [0.29, 0.717) is 0 Å². The SMILES string of the molecule is CN(C)CCn1ccc2c1CCCC2O. The summed E-state index contributed by atoms with van der Waals surface area (Å²) < 4.78 is 2.29. The topological polar surface area (TPSA) is 28.4 Å². The third-order valence-electron chi connectivity index (χ3n) is 3.15. The van der Waals surface area contributed by atoms with Crippen LogP contribution in [0.25, 0.3) is 0 Å². The number of likely N-dealkylation sites (N-methyl/N-ethyl adjacent to an activating group) is 1. The summed E-state index contributed by atoms with van der Waals surface area (Å²) in [6.07, 6.45) is 5.04. The van der Waals surface area contributed by atoms with Crippen LogP contribution in [-0.2, 0) is 13.0 Å². The molecule has 0 radical (unpaired) electrons. The Balaban J connectivity index is 2.12. The van der Waals surface area contributed by atoms with Crippen molar-refractivity contribution < 1.29 is 5.11 Å². The van der Waals surface area contributed by atoms with Crippen molar-refractivity contribution in [1.29, 1.82) is 0 Å². The molecule has 1 aliphatic rings. The van der Waals surface area contributed by atoms with Crippen molar-refractivity contribution in [3.63, 3.8) is 0 Å². The number of rotatable bonds is 3. The average molecular weight is 208 g/mol. The maximum absolute atomic E-state index is 9.83. The minimum Gasteiger partial charge on any atom is -0.388 e. The average Bonchev–Trinajstić information content (AvgIpc) is 2.59. The van der Waals surface area contributed by atoms with Crippen molar-refractivity contribution in [2.75, 3.05) is 20.6 Å². The van der Waals surface area contributed by atoms with Crippen LogP contribution in [0.5, 0.6) is 0 Å². The van der Waals surface area contributed by atoms with Gasteiger partial charge in [0, 0.05) is 30.5 Å². The lowest BCUT2D eigenvalue weighted by Crippen LogP contribution is -2.20. The Morgan fingerprint density at radius 2 is 2.33 bits per heavy atom. The lowest BCUT2D eigenvalue weighted by atomic mass is 9.95. The fourth-order valence-corrected chi connectivity index (χ4v) is 2.25. The third-order valence-corrected chi connectivity index (χ3v) is 3.15. The van der Waals surface area contributed by atoms with E-state index in [9.17, 15) is 5.11 Å². The molecular formula is C12H20N2O. The Labute approximate surface area is 91.3 Å². The van der Waals surface area contributed by atoms with Gasteiger partial charge in [-0.15, -0.1) is 0 Å². The number of nitrogens with zero attached hydrogens (tertiary/aromatic N) is 2. The van der Waals surface area contributed by atoms with Gasteiger partial charge in [0.2, 0.25) is 0 Å². The highest BCUT2D eigenvalue weighted by molar-refractivity contribution is 5.27. The van der Waals surface area contributed by atoms with Crippen LogP contribution in [0.15, 0.2) is 12.3 Å². The molecule has 0 aromatic carbocycles. The Morgan fingerprint density at radius 1 is 1.53 bits per heavy atom. The summed E-state index contributed by atoms with van der Waals surface area (Å²) in [4.78, 5) is 2.19. The predicted octanol–water partition coefficient (Wildman–Crippen LogP) is 1.42. The van der Waals surface area contributed by atoms with Crippen molar-refractivity contribution in [2.24, 2.45) is 0 Å². The summed E-state index contributed by atoms with van der Waals surface area (Å²) in [6, 6.07) is 2.08. The van der Waals surface area contributed by atoms with Crippen molar-refractivity contribution in [3.8, 4) is 0 Å². The number of aliphatic hydroxyl groups excluding tert-OH is 1. The van der Waals surface area contributed by atoms with Crippen molar-refractivity contribution >= 4 is 0 Å². The molecule has 1 aromatic rings. The van der Waals surface area contributed by atoms with Crippen molar-refractivity contribution in [3.05, 3.63) is 23.5 Å². The maximum Gasteiger partial charge on any atom is 0.0807 e. The van der Waals surface area contributed by atoms with Gasteiger partial charge in [0.05, 0.1) is 6.10 Å². The number of hydrogen-bond donors (Lipinski definition) is 1. The maximum atomic E-state index is 9.83. The lowest BCUT2D eigenvalue weighted by molar-refractivity contribution is 0.155. The molecule has 0 bridgehead atoms. The van der Waals surface area contributed by atoms with Crippen LogP contribution in [-0.4, -0.2) is 35.2 Å². The van der Waals surface area contributed by atoms with Gasteiger partial charge in [-0.3, -0.25) is 0 Å². The standard InChI is InChI=1S/C12H20N2O/c1-13(2)8-9-14-7-6-10-11(14)4-3-5-12(10)15/h6-7,12,15H,3-5,8-9H2,1-2H3. The summed E-state index contributed by atoms with van der Waals surface area (Å²) in [5, 5.41) is 9.83. The van der Waals surface area contributed by atoms with E-state index < -0.39 is 0 Å². The molecule has 15 heavy (non-hydrogen) atoms. The van der Waals surface area contributed by atoms with Crippen LogP contribution in [0.3, 0.4) is 0 Å². The molecule has 2 rings (SSSR count). The molecule has 1 unspecified atom stereocenters. The zero-order valence-electron chi connectivity index (χ0n) is 9.61. The fraction of sp³-hybridized carbons (Fsp3) is 0.667. The van der Waals surface area contributed by atoms with Crippen LogP contribution < -0.4 is 0 Å². The number of aliphatic hydroxyl groups is 1. The number of aromatic nitrogens is 1. The van der Waals surface area contributed by atoms with E-state index >= 15 is 0 Å². The van der Waals surface area contributed by atoms with Crippen LogP contribution in [0.4, 0.5) is 0 Å². The predicted molar refractivity (Wildman–Crippen MR) is 60.9 cm³/mol. The molecule has 0 spiro atoms. The van der Waals surface area contributed by atoms with E-state index in [1.807, 2.05) is 0 Å². The summed E-state index contributed by atoms with van der Waals surface area (Å²) in [6.45, 7) is 2.08. The summed E-state index contributed by atoms with van der Waals surface area (Å²) >= 11 is 0. The molecule has 0 fully saturated rings. The first-order chi connectivity index (χ1) is 7.18. The van der Waals surface area contributed by atoms with Crippen LogP contribution in [0.1, 0.15) is 30.2 Å².